The smallest absolute Gasteiger partial charge is 0.243 e. The van der Waals surface area contributed by atoms with Crippen molar-refractivity contribution in [2.45, 2.75) is 96.9 Å². The molecule has 0 radical (unpaired) electrons. The summed E-state index contributed by atoms with van der Waals surface area (Å²) in [7, 11) is 0. The van der Waals surface area contributed by atoms with Gasteiger partial charge in [-0.15, -0.1) is 0 Å². The third kappa shape index (κ3) is 11.8. The average Bonchev–Trinajstić information content (AvgIpc) is 2.56. The zero-order valence-electron chi connectivity index (χ0n) is 19.7. The Labute approximate surface area is 177 Å². The van der Waals surface area contributed by atoms with Crippen LogP contribution in [0.15, 0.2) is 25.3 Å². The number of hydrogen-bond donors (Lipinski definition) is 2. The van der Waals surface area contributed by atoms with E-state index in [0.717, 1.165) is 6.42 Å². The highest BCUT2D eigenvalue weighted by Crippen LogP contribution is 2.27. The highest BCUT2D eigenvalue weighted by Gasteiger charge is 2.33. The van der Waals surface area contributed by atoms with Crippen LogP contribution in [-0.4, -0.2) is 47.3 Å². The molecule has 0 aliphatic heterocycles. The fourth-order valence-electron chi connectivity index (χ4n) is 3.78. The van der Waals surface area contributed by atoms with E-state index < -0.39 is 16.7 Å². The summed E-state index contributed by atoms with van der Waals surface area (Å²) >= 11 is 0. The summed E-state index contributed by atoms with van der Waals surface area (Å²) in [5, 5.41) is 5.92. The Morgan fingerprint density at radius 3 is 1.62 bits per heavy atom. The molecule has 0 aromatic rings. The van der Waals surface area contributed by atoms with Gasteiger partial charge in [-0.25, -0.2) is 0 Å². The van der Waals surface area contributed by atoms with Gasteiger partial charge in [-0.2, -0.15) is 0 Å². The van der Waals surface area contributed by atoms with Crippen LogP contribution in [0.1, 0.15) is 74.7 Å². The van der Waals surface area contributed by atoms with Crippen LogP contribution in [0.2, 0.25) is 0 Å². The monoisotopic (exact) mass is 410 g/mol. The van der Waals surface area contributed by atoms with Gasteiger partial charge in [0.1, 0.15) is 0 Å². The maximum Gasteiger partial charge on any atom is 0.243 e. The minimum Gasteiger partial charge on any atom is -0.373 e. The van der Waals surface area contributed by atoms with Crippen molar-refractivity contribution in [3.05, 3.63) is 25.3 Å². The van der Waals surface area contributed by atoms with Gasteiger partial charge in [0.15, 0.2) is 0 Å². The Kier molecular flexibility index (Phi) is 10.3. The van der Waals surface area contributed by atoms with Crippen LogP contribution < -0.4 is 10.6 Å². The van der Waals surface area contributed by atoms with E-state index in [1.54, 1.807) is 0 Å². The maximum absolute atomic E-state index is 11.7. The molecule has 0 rings (SSSR count). The lowest BCUT2D eigenvalue weighted by molar-refractivity contribution is -0.123. The molecule has 6 heteroatoms. The number of amides is 2. The summed E-state index contributed by atoms with van der Waals surface area (Å²) in [5.74, 6) is -0.375. The van der Waals surface area contributed by atoms with Gasteiger partial charge in [0.25, 0.3) is 0 Å². The van der Waals surface area contributed by atoms with Crippen LogP contribution >= 0.6 is 0 Å². The lowest BCUT2D eigenvalue weighted by Gasteiger charge is -2.38. The molecule has 0 bridgehead atoms. The van der Waals surface area contributed by atoms with Gasteiger partial charge in [0.05, 0.1) is 24.4 Å². The molecule has 6 nitrogen and oxygen atoms in total. The van der Waals surface area contributed by atoms with Gasteiger partial charge in [-0.1, -0.05) is 20.1 Å². The van der Waals surface area contributed by atoms with Crippen molar-refractivity contribution in [2.75, 3.05) is 13.2 Å². The number of carbonyl (C=O) groups excluding carboxylic acids is 2. The van der Waals surface area contributed by atoms with Crippen molar-refractivity contribution >= 4 is 11.8 Å². The molecule has 29 heavy (non-hydrogen) atoms. The van der Waals surface area contributed by atoms with Crippen LogP contribution in [-0.2, 0) is 19.1 Å². The largest absolute Gasteiger partial charge is 0.373 e. The Hall–Kier alpha value is -1.66. The molecule has 1 atom stereocenters. The van der Waals surface area contributed by atoms with E-state index in [9.17, 15) is 9.59 Å². The molecule has 0 aliphatic carbocycles. The third-order valence-corrected chi connectivity index (χ3v) is 4.79. The summed E-state index contributed by atoms with van der Waals surface area (Å²) < 4.78 is 12.1. The molecule has 0 heterocycles. The first kappa shape index (κ1) is 27.3. The third-order valence-electron chi connectivity index (χ3n) is 4.79. The molecule has 0 saturated heterocycles. The molecule has 0 saturated carbocycles. The second-order valence-corrected chi connectivity index (χ2v) is 9.75. The van der Waals surface area contributed by atoms with Crippen LogP contribution in [0, 0.1) is 0 Å². The fourth-order valence-corrected chi connectivity index (χ4v) is 3.78. The minimum absolute atomic E-state index is 0.179. The van der Waals surface area contributed by atoms with Gasteiger partial charge < -0.3 is 20.1 Å². The first-order chi connectivity index (χ1) is 13.1. The van der Waals surface area contributed by atoms with Gasteiger partial charge in [0, 0.05) is 11.1 Å². The molecule has 0 aromatic heterocycles. The zero-order chi connectivity index (χ0) is 22.9. The number of nitrogens with one attached hydrogen (secondary N) is 2. The lowest BCUT2D eigenvalue weighted by atomic mass is 9.85. The second-order valence-electron chi connectivity index (χ2n) is 9.75. The SMILES string of the molecule is C=CC(=O)NC(C)(C)CC(C)(C)OCCOC(C)(C)CC(C)(CC)NC(=O)C=C. The maximum atomic E-state index is 11.7. The van der Waals surface area contributed by atoms with Gasteiger partial charge in [0.2, 0.25) is 11.8 Å². The first-order valence-electron chi connectivity index (χ1n) is 10.3. The molecule has 0 fully saturated rings. The molecule has 1 unspecified atom stereocenters. The molecule has 2 N–H and O–H groups in total. The zero-order valence-corrected chi connectivity index (χ0v) is 19.7. The number of carbonyl (C=O) groups is 2. The quantitative estimate of drug-likeness (QED) is 0.336. The van der Waals surface area contributed by atoms with E-state index in [1.807, 2.05) is 55.4 Å². The Bertz CT molecular complexity index is 581. The van der Waals surface area contributed by atoms with E-state index in [4.69, 9.17) is 9.47 Å². The van der Waals surface area contributed by atoms with E-state index >= 15 is 0 Å². The van der Waals surface area contributed by atoms with Crippen LogP contribution in [0.5, 0.6) is 0 Å². The topological polar surface area (TPSA) is 76.7 Å². The van der Waals surface area contributed by atoms with Gasteiger partial charge in [-0.3, -0.25) is 9.59 Å². The Balaban J connectivity index is 4.61. The van der Waals surface area contributed by atoms with Crippen molar-refractivity contribution in [1.82, 2.24) is 10.6 Å². The number of hydrogen-bond acceptors (Lipinski definition) is 4. The summed E-state index contributed by atoms with van der Waals surface area (Å²) in [6.07, 6.45) is 4.66. The first-order valence-corrected chi connectivity index (χ1v) is 10.3. The molecule has 168 valence electrons. The fraction of sp³-hybridized carbons (Fsp3) is 0.739. The highest BCUT2D eigenvalue weighted by molar-refractivity contribution is 5.87. The van der Waals surface area contributed by atoms with E-state index in [2.05, 4.69) is 23.8 Å². The normalized spacial score (nSPS) is 14.6. The van der Waals surface area contributed by atoms with E-state index in [-0.39, 0.29) is 17.4 Å². The molecule has 2 amide bonds. The Morgan fingerprint density at radius 2 is 1.21 bits per heavy atom. The van der Waals surface area contributed by atoms with Gasteiger partial charge >= 0.3 is 0 Å². The summed E-state index contributed by atoms with van der Waals surface area (Å²) in [4.78, 5) is 23.3. The summed E-state index contributed by atoms with van der Waals surface area (Å²) in [6.45, 7) is 23.9. The average molecular weight is 411 g/mol. The molecular weight excluding hydrogens is 368 g/mol. The lowest BCUT2D eigenvalue weighted by Crippen LogP contribution is -2.50. The van der Waals surface area contributed by atoms with Gasteiger partial charge in [-0.05, 0) is 79.9 Å². The molecular formula is C23H42N2O4. The van der Waals surface area contributed by atoms with Crippen molar-refractivity contribution in [2.24, 2.45) is 0 Å². The van der Waals surface area contributed by atoms with Crippen LogP contribution in [0.4, 0.5) is 0 Å². The molecule has 0 spiro atoms. The minimum atomic E-state index is -0.429. The second kappa shape index (κ2) is 10.9. The van der Waals surface area contributed by atoms with Crippen molar-refractivity contribution in [1.29, 1.82) is 0 Å². The molecule has 0 aromatic carbocycles. The van der Waals surface area contributed by atoms with Crippen LogP contribution in [0.3, 0.4) is 0 Å². The number of rotatable bonds is 14. The predicted octanol–water partition coefficient (Wildman–Crippen LogP) is 3.91. The van der Waals surface area contributed by atoms with Crippen molar-refractivity contribution < 1.29 is 19.1 Å². The van der Waals surface area contributed by atoms with Crippen LogP contribution in [0.25, 0.3) is 0 Å². The predicted molar refractivity (Wildman–Crippen MR) is 119 cm³/mol. The van der Waals surface area contributed by atoms with E-state index in [1.165, 1.54) is 12.2 Å². The highest BCUT2D eigenvalue weighted by atomic mass is 16.5. The van der Waals surface area contributed by atoms with Crippen molar-refractivity contribution in [3.8, 4) is 0 Å². The van der Waals surface area contributed by atoms with Crippen molar-refractivity contribution in [3.63, 3.8) is 0 Å². The Morgan fingerprint density at radius 1 is 0.793 bits per heavy atom. The standard InChI is InChI=1S/C23H42N2O4/c1-11-18(26)24-20(4,5)16-21(6,7)28-14-15-29-22(8,9)17-23(10,13-3)25-19(27)12-2/h11-12H,1-2,13-17H2,3-10H3,(H,24,26)(H,25,27). The summed E-state index contributed by atoms with van der Waals surface area (Å²) in [6, 6.07) is 0. The number of ether oxygens (including phenoxy) is 2. The molecule has 0 aliphatic rings. The van der Waals surface area contributed by atoms with E-state index in [0.29, 0.717) is 26.1 Å². The summed E-state index contributed by atoms with van der Waals surface area (Å²) in [5.41, 5.74) is -1.64.